The molecule has 0 heterocycles. The summed E-state index contributed by atoms with van der Waals surface area (Å²) in [7, 11) is 1.87. The van der Waals surface area contributed by atoms with Gasteiger partial charge in [-0.2, -0.15) is 0 Å². The average molecular weight is 223 g/mol. The molecule has 0 aliphatic carbocycles. The first-order valence-corrected chi connectivity index (χ1v) is 5.25. The van der Waals surface area contributed by atoms with Crippen LogP contribution < -0.4 is 4.90 Å². The van der Waals surface area contributed by atoms with Gasteiger partial charge in [0.25, 0.3) is 0 Å². The van der Waals surface area contributed by atoms with Crippen LogP contribution in [0.3, 0.4) is 0 Å². The molecule has 0 saturated carbocycles. The number of carbonyl (C=O) groups is 1. The number of likely N-dealkylation sites (N-methyl/N-ethyl adjacent to an activating group) is 1. The van der Waals surface area contributed by atoms with Crippen molar-refractivity contribution < 1.29 is 15.0 Å². The third-order valence-electron chi connectivity index (χ3n) is 2.37. The summed E-state index contributed by atoms with van der Waals surface area (Å²) in [6.07, 6.45) is -0.322. The van der Waals surface area contributed by atoms with E-state index in [2.05, 4.69) is 0 Å². The molecule has 0 fully saturated rings. The van der Waals surface area contributed by atoms with Crippen molar-refractivity contribution >= 4 is 11.7 Å². The average Bonchev–Trinajstić information content (AvgIpc) is 2.27. The fourth-order valence-corrected chi connectivity index (χ4v) is 1.49. The topological polar surface area (TPSA) is 60.8 Å². The Bertz CT molecular complexity index is 326. The third-order valence-corrected chi connectivity index (χ3v) is 2.37. The number of benzene rings is 1. The second kappa shape index (κ2) is 6.12. The Hall–Kier alpha value is -1.55. The normalized spacial score (nSPS) is 12.1. The zero-order valence-electron chi connectivity index (χ0n) is 9.34. The summed E-state index contributed by atoms with van der Waals surface area (Å²) >= 11 is 0. The second-order valence-electron chi connectivity index (χ2n) is 3.80. The second-order valence-corrected chi connectivity index (χ2v) is 3.80. The Kier molecular flexibility index (Phi) is 4.79. The summed E-state index contributed by atoms with van der Waals surface area (Å²) < 4.78 is 0. The van der Waals surface area contributed by atoms with Crippen molar-refractivity contribution in [1.29, 1.82) is 0 Å². The number of hydrogen-bond donors (Lipinski definition) is 2. The van der Waals surface area contributed by atoms with E-state index < -0.39 is 12.1 Å². The quantitative estimate of drug-likeness (QED) is 0.764. The lowest BCUT2D eigenvalue weighted by Crippen LogP contribution is -2.29. The van der Waals surface area contributed by atoms with E-state index in [0.29, 0.717) is 6.54 Å². The number of aliphatic hydroxyl groups excluding tert-OH is 1. The summed E-state index contributed by atoms with van der Waals surface area (Å²) in [5, 5.41) is 18.1. The number of nitrogens with zero attached hydrogens (tertiary/aromatic N) is 1. The fourth-order valence-electron chi connectivity index (χ4n) is 1.49. The van der Waals surface area contributed by atoms with Crippen LogP contribution in [0.15, 0.2) is 30.3 Å². The summed E-state index contributed by atoms with van der Waals surface area (Å²) in [5.74, 6) is -0.874. The van der Waals surface area contributed by atoms with E-state index in [4.69, 9.17) is 5.11 Å². The molecule has 1 unspecified atom stereocenters. The van der Waals surface area contributed by atoms with Gasteiger partial charge in [0.05, 0.1) is 6.10 Å². The SMILES string of the molecule is CN(CC(O)CCC(=O)O)c1ccccc1. The standard InChI is InChI=1S/C12H17NO3/c1-13(10-5-3-2-4-6-10)9-11(14)7-8-12(15)16/h2-6,11,14H,7-9H2,1H3,(H,15,16). The first-order chi connectivity index (χ1) is 7.59. The predicted molar refractivity (Wildman–Crippen MR) is 62.6 cm³/mol. The summed E-state index contributed by atoms with van der Waals surface area (Å²) in [4.78, 5) is 12.2. The number of rotatable bonds is 6. The van der Waals surface area contributed by atoms with Crippen molar-refractivity contribution in [1.82, 2.24) is 0 Å². The zero-order chi connectivity index (χ0) is 12.0. The Balaban J connectivity index is 2.39. The van der Waals surface area contributed by atoms with Gasteiger partial charge >= 0.3 is 5.97 Å². The van der Waals surface area contributed by atoms with Crippen molar-refractivity contribution in [2.24, 2.45) is 0 Å². The van der Waals surface area contributed by atoms with Crippen LogP contribution in [0.2, 0.25) is 0 Å². The van der Waals surface area contributed by atoms with Gasteiger partial charge in [0.2, 0.25) is 0 Å². The summed E-state index contributed by atoms with van der Waals surface area (Å²) in [6, 6.07) is 9.68. The largest absolute Gasteiger partial charge is 0.481 e. The maximum Gasteiger partial charge on any atom is 0.303 e. The first kappa shape index (κ1) is 12.5. The zero-order valence-corrected chi connectivity index (χ0v) is 9.34. The molecule has 0 spiro atoms. The molecule has 0 amide bonds. The Morgan fingerprint density at radius 3 is 2.56 bits per heavy atom. The minimum absolute atomic E-state index is 0.00377. The van der Waals surface area contributed by atoms with Gasteiger partial charge in [0.15, 0.2) is 0 Å². The molecule has 0 aliphatic heterocycles. The summed E-state index contributed by atoms with van der Waals surface area (Å²) in [5.41, 5.74) is 1.01. The van der Waals surface area contributed by atoms with Gasteiger partial charge in [-0.25, -0.2) is 0 Å². The first-order valence-electron chi connectivity index (χ1n) is 5.25. The maximum atomic E-state index is 10.3. The van der Waals surface area contributed by atoms with E-state index >= 15 is 0 Å². The van der Waals surface area contributed by atoms with Crippen LogP contribution in [-0.2, 0) is 4.79 Å². The molecular weight excluding hydrogens is 206 g/mol. The van der Waals surface area contributed by atoms with Crippen molar-refractivity contribution in [2.45, 2.75) is 18.9 Å². The van der Waals surface area contributed by atoms with E-state index in [1.807, 2.05) is 42.3 Å². The smallest absolute Gasteiger partial charge is 0.303 e. The van der Waals surface area contributed by atoms with E-state index in [1.54, 1.807) is 0 Å². The van der Waals surface area contributed by atoms with Crippen LogP contribution >= 0.6 is 0 Å². The fraction of sp³-hybridized carbons (Fsp3) is 0.417. The molecule has 16 heavy (non-hydrogen) atoms. The third kappa shape index (κ3) is 4.31. The molecule has 1 atom stereocenters. The van der Waals surface area contributed by atoms with Gasteiger partial charge in [0, 0.05) is 25.7 Å². The van der Waals surface area contributed by atoms with Crippen LogP contribution in [-0.4, -0.2) is 35.9 Å². The van der Waals surface area contributed by atoms with Gasteiger partial charge in [-0.05, 0) is 18.6 Å². The number of anilines is 1. The number of hydrogen-bond acceptors (Lipinski definition) is 3. The van der Waals surface area contributed by atoms with E-state index in [1.165, 1.54) is 0 Å². The monoisotopic (exact) mass is 223 g/mol. The highest BCUT2D eigenvalue weighted by Crippen LogP contribution is 2.12. The van der Waals surface area contributed by atoms with Crippen LogP contribution in [0.25, 0.3) is 0 Å². The van der Waals surface area contributed by atoms with Gasteiger partial charge in [-0.1, -0.05) is 18.2 Å². The van der Waals surface area contributed by atoms with E-state index in [9.17, 15) is 9.90 Å². The van der Waals surface area contributed by atoms with Crippen LogP contribution in [0.5, 0.6) is 0 Å². The van der Waals surface area contributed by atoms with Crippen LogP contribution in [0, 0.1) is 0 Å². The highest BCUT2D eigenvalue weighted by atomic mass is 16.4. The number of carboxylic acids is 1. The molecule has 1 rings (SSSR count). The van der Waals surface area contributed by atoms with E-state index in [0.717, 1.165) is 5.69 Å². The van der Waals surface area contributed by atoms with Crippen molar-refractivity contribution in [2.75, 3.05) is 18.5 Å². The number of carboxylic acid groups (broad SMARTS) is 1. The Morgan fingerprint density at radius 2 is 2.00 bits per heavy atom. The highest BCUT2D eigenvalue weighted by molar-refractivity contribution is 5.66. The molecule has 0 aromatic heterocycles. The van der Waals surface area contributed by atoms with Crippen molar-refractivity contribution in [3.63, 3.8) is 0 Å². The maximum absolute atomic E-state index is 10.3. The van der Waals surface area contributed by atoms with Gasteiger partial charge in [-0.3, -0.25) is 4.79 Å². The molecular formula is C12H17NO3. The van der Waals surface area contributed by atoms with Crippen LogP contribution in [0.1, 0.15) is 12.8 Å². The number of aliphatic carboxylic acids is 1. The predicted octanol–water partition coefficient (Wildman–Crippen LogP) is 1.35. The summed E-state index contributed by atoms with van der Waals surface area (Å²) in [6.45, 7) is 0.442. The molecule has 0 saturated heterocycles. The lowest BCUT2D eigenvalue weighted by molar-refractivity contribution is -0.137. The molecule has 4 heteroatoms. The molecule has 2 N–H and O–H groups in total. The number of aliphatic hydroxyl groups is 1. The molecule has 4 nitrogen and oxygen atoms in total. The Labute approximate surface area is 95.1 Å². The lowest BCUT2D eigenvalue weighted by atomic mass is 10.2. The molecule has 1 aromatic rings. The highest BCUT2D eigenvalue weighted by Gasteiger charge is 2.10. The molecule has 0 aliphatic rings. The molecule has 0 radical (unpaired) electrons. The number of para-hydroxylation sites is 1. The van der Waals surface area contributed by atoms with Crippen molar-refractivity contribution in [3.8, 4) is 0 Å². The van der Waals surface area contributed by atoms with Gasteiger partial charge < -0.3 is 15.1 Å². The van der Waals surface area contributed by atoms with Crippen molar-refractivity contribution in [3.05, 3.63) is 30.3 Å². The van der Waals surface area contributed by atoms with Gasteiger partial charge in [-0.15, -0.1) is 0 Å². The molecule has 88 valence electrons. The van der Waals surface area contributed by atoms with Gasteiger partial charge in [0.1, 0.15) is 0 Å². The lowest BCUT2D eigenvalue weighted by Gasteiger charge is -2.22. The minimum Gasteiger partial charge on any atom is -0.481 e. The van der Waals surface area contributed by atoms with E-state index in [-0.39, 0.29) is 12.8 Å². The van der Waals surface area contributed by atoms with Crippen LogP contribution in [0.4, 0.5) is 5.69 Å². The Morgan fingerprint density at radius 1 is 1.38 bits per heavy atom. The molecule has 1 aromatic carbocycles. The minimum atomic E-state index is -0.874. The molecule has 0 bridgehead atoms.